The molecule has 1 saturated heterocycles. The minimum absolute atomic E-state index is 0.0434. The molecule has 1 aliphatic rings. The van der Waals surface area contributed by atoms with E-state index in [2.05, 4.69) is 12.2 Å². The van der Waals surface area contributed by atoms with Gasteiger partial charge in [-0.15, -0.1) is 11.3 Å². The van der Waals surface area contributed by atoms with Crippen molar-refractivity contribution >= 4 is 28.2 Å². The Kier molecular flexibility index (Phi) is 7.23. The van der Waals surface area contributed by atoms with Crippen molar-refractivity contribution in [1.82, 2.24) is 0 Å². The van der Waals surface area contributed by atoms with Crippen molar-refractivity contribution in [1.29, 1.82) is 0 Å². The highest BCUT2D eigenvalue weighted by Gasteiger charge is 2.22. The lowest BCUT2D eigenvalue weighted by molar-refractivity contribution is -0.905. The number of rotatable bonds is 7. The number of quaternary nitrogens is 1. The zero-order chi connectivity index (χ0) is 19.9. The highest BCUT2D eigenvalue weighted by Crippen LogP contribution is 2.36. The summed E-state index contributed by atoms with van der Waals surface area (Å²) in [7, 11) is 0. The average molecular weight is 402 g/mol. The molecular weight excluding hydrogens is 372 g/mol. The first-order valence-electron chi connectivity index (χ1n) is 10.1. The molecule has 5 nitrogen and oxygen atoms in total. The molecule has 150 valence electrons. The molecule has 1 amide bonds. The molecule has 0 bridgehead atoms. The summed E-state index contributed by atoms with van der Waals surface area (Å²) in [6.07, 6.45) is 2.93. The van der Waals surface area contributed by atoms with Crippen LogP contribution < -0.4 is 10.2 Å². The molecule has 2 N–H and O–H groups in total. The molecule has 0 aliphatic carbocycles. The van der Waals surface area contributed by atoms with Gasteiger partial charge in [0.2, 0.25) is 5.91 Å². The largest absolute Gasteiger partial charge is 0.462 e. The number of hydrogen-bond donors (Lipinski definition) is 2. The van der Waals surface area contributed by atoms with Crippen LogP contribution in [-0.4, -0.2) is 38.1 Å². The number of esters is 1. The summed E-state index contributed by atoms with van der Waals surface area (Å²) in [5.74, 6) is 0.359. The zero-order valence-corrected chi connectivity index (χ0v) is 17.4. The van der Waals surface area contributed by atoms with Gasteiger partial charge in [0, 0.05) is 4.88 Å². The predicted molar refractivity (Wildman–Crippen MR) is 113 cm³/mol. The Balaban J connectivity index is 1.68. The van der Waals surface area contributed by atoms with Gasteiger partial charge >= 0.3 is 5.97 Å². The lowest BCUT2D eigenvalue weighted by Gasteiger charge is -2.27. The molecule has 1 aromatic carbocycles. The van der Waals surface area contributed by atoms with Crippen LogP contribution in [-0.2, 0) is 9.53 Å². The van der Waals surface area contributed by atoms with E-state index < -0.39 is 5.97 Å². The Labute approximate surface area is 170 Å². The topological polar surface area (TPSA) is 59.8 Å². The molecule has 1 fully saturated rings. The van der Waals surface area contributed by atoms with Crippen LogP contribution in [0.5, 0.6) is 0 Å². The fourth-order valence-electron chi connectivity index (χ4n) is 3.49. The second-order valence-corrected chi connectivity index (χ2v) is 8.47. The van der Waals surface area contributed by atoms with Crippen LogP contribution in [0.2, 0.25) is 0 Å². The molecule has 2 heterocycles. The number of ether oxygens (including phenoxy) is 1. The first kappa shape index (κ1) is 20.6. The average Bonchev–Trinajstić information content (AvgIpc) is 3.12. The summed E-state index contributed by atoms with van der Waals surface area (Å²) < 4.78 is 5.18. The lowest BCUT2D eigenvalue weighted by Crippen LogP contribution is -3.13. The molecule has 0 unspecified atom stereocenters. The van der Waals surface area contributed by atoms with Crippen molar-refractivity contribution in [3.05, 3.63) is 42.0 Å². The Bertz CT molecular complexity index is 795. The third kappa shape index (κ3) is 5.42. The number of benzene rings is 1. The number of amides is 1. The molecule has 3 rings (SSSR count). The van der Waals surface area contributed by atoms with Crippen LogP contribution in [0.3, 0.4) is 0 Å². The number of nitrogens with one attached hydrogen (secondary N) is 2. The van der Waals surface area contributed by atoms with Gasteiger partial charge in [-0.1, -0.05) is 37.3 Å². The predicted octanol–water partition coefficient (Wildman–Crippen LogP) is 3.24. The van der Waals surface area contributed by atoms with Crippen molar-refractivity contribution in [3.8, 4) is 10.4 Å². The third-order valence-electron chi connectivity index (χ3n) is 5.23. The summed E-state index contributed by atoms with van der Waals surface area (Å²) in [4.78, 5) is 27.3. The van der Waals surface area contributed by atoms with Gasteiger partial charge < -0.3 is 15.0 Å². The van der Waals surface area contributed by atoms with Crippen LogP contribution in [0, 0.1) is 5.92 Å². The standard InChI is InChI=1S/C22H28N2O3S/c1-3-27-22(26)18-15-19(17-7-5-4-6-8-17)28-21(18)23-20(25)11-14-24-12-9-16(2)10-13-24/h4-8,15-16H,3,9-14H2,1-2H3,(H,23,25)/p+1. The molecular formula is C22H29N2O3S+. The van der Waals surface area contributed by atoms with E-state index in [1.807, 2.05) is 36.4 Å². The Morgan fingerprint density at radius 3 is 2.61 bits per heavy atom. The van der Waals surface area contributed by atoms with E-state index >= 15 is 0 Å². The van der Waals surface area contributed by atoms with Crippen molar-refractivity contribution < 1.29 is 19.2 Å². The minimum Gasteiger partial charge on any atom is -0.462 e. The quantitative estimate of drug-likeness (QED) is 0.701. The van der Waals surface area contributed by atoms with Crippen LogP contribution >= 0.6 is 11.3 Å². The van der Waals surface area contributed by atoms with Crippen LogP contribution in [0.1, 0.15) is 43.5 Å². The van der Waals surface area contributed by atoms with Crippen LogP contribution in [0.15, 0.2) is 36.4 Å². The first-order valence-corrected chi connectivity index (χ1v) is 10.9. The van der Waals surface area contributed by atoms with Gasteiger partial charge in [-0.2, -0.15) is 0 Å². The second-order valence-electron chi connectivity index (χ2n) is 7.42. The van der Waals surface area contributed by atoms with E-state index in [1.165, 1.54) is 29.1 Å². The molecule has 1 aliphatic heterocycles. The summed E-state index contributed by atoms with van der Waals surface area (Å²) in [5, 5.41) is 3.53. The highest BCUT2D eigenvalue weighted by molar-refractivity contribution is 7.20. The highest BCUT2D eigenvalue weighted by atomic mass is 32.1. The fourth-order valence-corrected chi connectivity index (χ4v) is 4.56. The molecule has 0 spiro atoms. The summed E-state index contributed by atoms with van der Waals surface area (Å²) in [5.41, 5.74) is 1.45. The summed E-state index contributed by atoms with van der Waals surface area (Å²) in [6, 6.07) is 11.7. The summed E-state index contributed by atoms with van der Waals surface area (Å²) in [6.45, 7) is 7.49. The number of likely N-dealkylation sites (tertiary alicyclic amines) is 1. The van der Waals surface area contributed by atoms with Crippen LogP contribution in [0.4, 0.5) is 5.00 Å². The van der Waals surface area contributed by atoms with E-state index in [0.29, 0.717) is 23.6 Å². The van der Waals surface area contributed by atoms with Gasteiger partial charge in [-0.25, -0.2) is 4.79 Å². The van der Waals surface area contributed by atoms with Gasteiger partial charge in [0.05, 0.1) is 38.2 Å². The number of hydrogen-bond acceptors (Lipinski definition) is 4. The lowest BCUT2D eigenvalue weighted by atomic mass is 9.99. The number of carbonyl (C=O) groups excluding carboxylic acids is 2. The van der Waals surface area contributed by atoms with Crippen molar-refractivity contribution in [2.24, 2.45) is 5.92 Å². The number of thiophene rings is 1. The fraction of sp³-hybridized carbons (Fsp3) is 0.455. The summed E-state index contributed by atoms with van der Waals surface area (Å²) >= 11 is 1.42. The molecule has 2 aromatic rings. The van der Waals surface area contributed by atoms with Crippen LogP contribution in [0.25, 0.3) is 10.4 Å². The van der Waals surface area contributed by atoms with Crippen molar-refractivity contribution in [2.75, 3.05) is 31.6 Å². The number of piperidine rings is 1. The molecule has 0 radical (unpaired) electrons. The number of carbonyl (C=O) groups is 2. The van der Waals surface area contributed by atoms with E-state index in [1.54, 1.807) is 6.92 Å². The maximum atomic E-state index is 12.5. The van der Waals surface area contributed by atoms with Crippen molar-refractivity contribution in [2.45, 2.75) is 33.1 Å². The van der Waals surface area contributed by atoms with E-state index in [9.17, 15) is 9.59 Å². The molecule has 6 heteroatoms. The van der Waals surface area contributed by atoms with Crippen molar-refractivity contribution in [3.63, 3.8) is 0 Å². The third-order valence-corrected chi connectivity index (χ3v) is 6.33. The Morgan fingerprint density at radius 2 is 1.93 bits per heavy atom. The number of anilines is 1. The van der Waals surface area contributed by atoms with E-state index in [0.717, 1.165) is 36.0 Å². The monoisotopic (exact) mass is 401 g/mol. The van der Waals surface area contributed by atoms with Gasteiger partial charge in [0.25, 0.3) is 0 Å². The van der Waals surface area contributed by atoms with Gasteiger partial charge in [-0.05, 0) is 37.3 Å². The molecule has 0 saturated carbocycles. The van der Waals surface area contributed by atoms with Gasteiger partial charge in [0.1, 0.15) is 5.00 Å². The van der Waals surface area contributed by atoms with Gasteiger partial charge in [-0.3, -0.25) is 4.79 Å². The Morgan fingerprint density at radius 1 is 1.21 bits per heavy atom. The van der Waals surface area contributed by atoms with E-state index in [4.69, 9.17) is 4.74 Å². The molecule has 28 heavy (non-hydrogen) atoms. The molecule has 1 aromatic heterocycles. The maximum Gasteiger partial charge on any atom is 0.341 e. The minimum atomic E-state index is -0.396. The maximum absolute atomic E-state index is 12.5. The van der Waals surface area contributed by atoms with E-state index in [-0.39, 0.29) is 5.91 Å². The van der Waals surface area contributed by atoms with Gasteiger partial charge in [0.15, 0.2) is 0 Å². The Hall–Kier alpha value is -2.18. The second kappa shape index (κ2) is 9.85. The molecule has 0 atom stereocenters. The normalized spacial score (nSPS) is 19.2. The first-order chi connectivity index (χ1) is 13.6. The smallest absolute Gasteiger partial charge is 0.341 e. The SMILES string of the molecule is CCOC(=O)c1cc(-c2ccccc2)sc1NC(=O)CC[NH+]1CCC(C)CC1. The zero-order valence-electron chi connectivity index (χ0n) is 16.6.